The maximum Gasteiger partial charge on any atom is 0.251 e. The van der Waals surface area contributed by atoms with E-state index in [0.29, 0.717) is 12.2 Å². The van der Waals surface area contributed by atoms with Gasteiger partial charge in [0.25, 0.3) is 5.91 Å². The first-order valence-electron chi connectivity index (χ1n) is 5.44. The molecule has 0 aliphatic carbocycles. The van der Waals surface area contributed by atoms with Gasteiger partial charge >= 0.3 is 0 Å². The number of benzene rings is 1. The molecular formula is C13H13FN2O2. The average Bonchev–Trinajstić information content (AvgIpc) is 2.73. The minimum absolute atomic E-state index is 0.129. The Morgan fingerprint density at radius 1 is 1.44 bits per heavy atom. The largest absolute Gasteiger partial charge is 0.467 e. The molecule has 3 N–H and O–H groups in total. The van der Waals surface area contributed by atoms with Gasteiger partial charge in [-0.2, -0.15) is 0 Å². The number of halogens is 1. The molecular weight excluding hydrogens is 235 g/mol. The lowest BCUT2D eigenvalue weighted by molar-refractivity contribution is 0.0996. The molecule has 5 heteroatoms. The predicted octanol–water partition coefficient (Wildman–Crippen LogP) is 2.44. The summed E-state index contributed by atoms with van der Waals surface area (Å²) in [6.45, 7) is 2.39. The molecule has 0 aliphatic heterocycles. The molecule has 2 rings (SSSR count). The summed E-state index contributed by atoms with van der Waals surface area (Å²) in [7, 11) is 0. The van der Waals surface area contributed by atoms with Gasteiger partial charge in [0.05, 0.1) is 18.4 Å². The maximum atomic E-state index is 13.3. The quantitative estimate of drug-likeness (QED) is 0.873. The fraction of sp³-hybridized carbons (Fsp3) is 0.154. The van der Waals surface area contributed by atoms with E-state index in [2.05, 4.69) is 5.32 Å². The van der Waals surface area contributed by atoms with Crippen molar-refractivity contribution in [3.63, 3.8) is 0 Å². The number of rotatable bonds is 4. The van der Waals surface area contributed by atoms with E-state index in [-0.39, 0.29) is 5.56 Å². The Labute approximate surface area is 104 Å². The molecule has 0 radical (unpaired) electrons. The Morgan fingerprint density at radius 2 is 2.22 bits per heavy atom. The first-order valence-corrected chi connectivity index (χ1v) is 5.44. The summed E-state index contributed by atoms with van der Waals surface area (Å²) < 4.78 is 18.5. The summed E-state index contributed by atoms with van der Waals surface area (Å²) in [5.74, 6) is -0.618. The zero-order valence-electron chi connectivity index (χ0n) is 9.87. The lowest BCUT2D eigenvalue weighted by Crippen LogP contribution is -2.13. The second-order valence-corrected chi connectivity index (χ2v) is 3.94. The molecule has 0 saturated heterocycles. The van der Waals surface area contributed by atoms with E-state index in [1.165, 1.54) is 12.1 Å². The second-order valence-electron chi connectivity index (χ2n) is 3.94. The SMILES string of the molecule is Cc1ccoc1CNc1ccc(F)c(C(N)=O)c1. The summed E-state index contributed by atoms with van der Waals surface area (Å²) in [4.78, 5) is 11.0. The summed E-state index contributed by atoms with van der Waals surface area (Å²) in [6, 6.07) is 5.99. The minimum Gasteiger partial charge on any atom is -0.467 e. The minimum atomic E-state index is -0.787. The van der Waals surface area contributed by atoms with Crippen LogP contribution in [-0.2, 0) is 6.54 Å². The van der Waals surface area contributed by atoms with Crippen LogP contribution in [0, 0.1) is 12.7 Å². The fourth-order valence-corrected chi connectivity index (χ4v) is 1.59. The molecule has 0 fully saturated rings. The Kier molecular flexibility index (Phi) is 3.32. The third kappa shape index (κ3) is 2.51. The molecule has 2 aromatic rings. The number of hydrogen-bond donors (Lipinski definition) is 2. The van der Waals surface area contributed by atoms with Crippen molar-refractivity contribution in [2.45, 2.75) is 13.5 Å². The highest BCUT2D eigenvalue weighted by atomic mass is 19.1. The van der Waals surface area contributed by atoms with Gasteiger partial charge in [0.1, 0.15) is 11.6 Å². The number of anilines is 1. The molecule has 1 aromatic carbocycles. The molecule has 1 heterocycles. The number of carbonyl (C=O) groups is 1. The fourth-order valence-electron chi connectivity index (χ4n) is 1.59. The van der Waals surface area contributed by atoms with E-state index in [1.807, 2.05) is 13.0 Å². The summed E-state index contributed by atoms with van der Waals surface area (Å²) in [6.07, 6.45) is 1.60. The lowest BCUT2D eigenvalue weighted by atomic mass is 10.1. The molecule has 0 bridgehead atoms. The van der Waals surface area contributed by atoms with Crippen molar-refractivity contribution in [2.75, 3.05) is 5.32 Å². The van der Waals surface area contributed by atoms with Crippen LogP contribution in [0.3, 0.4) is 0 Å². The van der Waals surface area contributed by atoms with Crippen LogP contribution in [-0.4, -0.2) is 5.91 Å². The van der Waals surface area contributed by atoms with Gasteiger partial charge < -0.3 is 15.5 Å². The Morgan fingerprint density at radius 3 is 2.83 bits per heavy atom. The molecule has 0 spiro atoms. The Hall–Kier alpha value is -2.30. The molecule has 0 saturated carbocycles. The predicted molar refractivity (Wildman–Crippen MR) is 65.7 cm³/mol. The monoisotopic (exact) mass is 248 g/mol. The van der Waals surface area contributed by atoms with Crippen molar-refractivity contribution in [1.82, 2.24) is 0 Å². The van der Waals surface area contributed by atoms with Crippen molar-refractivity contribution in [2.24, 2.45) is 5.73 Å². The van der Waals surface area contributed by atoms with E-state index in [1.54, 1.807) is 12.3 Å². The van der Waals surface area contributed by atoms with Crippen molar-refractivity contribution < 1.29 is 13.6 Å². The smallest absolute Gasteiger partial charge is 0.251 e. The van der Waals surface area contributed by atoms with Crippen LogP contribution < -0.4 is 11.1 Å². The molecule has 0 unspecified atom stereocenters. The highest BCUT2D eigenvalue weighted by Crippen LogP contribution is 2.16. The van der Waals surface area contributed by atoms with Crippen LogP contribution in [0.1, 0.15) is 21.7 Å². The summed E-state index contributed by atoms with van der Waals surface area (Å²) in [5.41, 5.74) is 6.58. The first kappa shape index (κ1) is 12.2. The molecule has 94 valence electrons. The molecule has 1 aromatic heterocycles. The average molecular weight is 248 g/mol. The normalized spacial score (nSPS) is 10.3. The van der Waals surface area contributed by atoms with E-state index >= 15 is 0 Å². The summed E-state index contributed by atoms with van der Waals surface area (Å²) in [5, 5.41) is 3.04. The van der Waals surface area contributed by atoms with Gasteiger partial charge in [0, 0.05) is 5.69 Å². The van der Waals surface area contributed by atoms with E-state index < -0.39 is 11.7 Å². The molecule has 0 aliphatic rings. The highest BCUT2D eigenvalue weighted by Gasteiger charge is 2.09. The molecule has 4 nitrogen and oxygen atoms in total. The Balaban J connectivity index is 2.13. The van der Waals surface area contributed by atoms with Crippen LogP contribution in [0.5, 0.6) is 0 Å². The van der Waals surface area contributed by atoms with Crippen molar-refractivity contribution >= 4 is 11.6 Å². The van der Waals surface area contributed by atoms with Gasteiger partial charge in [-0.15, -0.1) is 0 Å². The van der Waals surface area contributed by atoms with E-state index in [0.717, 1.165) is 11.3 Å². The number of amides is 1. The molecule has 1 amide bonds. The lowest BCUT2D eigenvalue weighted by Gasteiger charge is -2.07. The Bertz CT molecular complexity index is 578. The van der Waals surface area contributed by atoms with E-state index in [4.69, 9.17) is 10.2 Å². The number of furan rings is 1. The summed E-state index contributed by atoms with van der Waals surface area (Å²) >= 11 is 0. The van der Waals surface area contributed by atoms with Gasteiger partial charge in [-0.05, 0) is 36.8 Å². The number of carbonyl (C=O) groups excluding carboxylic acids is 1. The molecule has 18 heavy (non-hydrogen) atoms. The third-order valence-electron chi connectivity index (χ3n) is 2.65. The zero-order valence-corrected chi connectivity index (χ0v) is 9.87. The zero-order chi connectivity index (χ0) is 13.1. The number of aryl methyl sites for hydroxylation is 1. The van der Waals surface area contributed by atoms with Gasteiger partial charge in [-0.3, -0.25) is 4.79 Å². The second kappa shape index (κ2) is 4.91. The van der Waals surface area contributed by atoms with Crippen LogP contribution in [0.2, 0.25) is 0 Å². The van der Waals surface area contributed by atoms with E-state index in [9.17, 15) is 9.18 Å². The number of primary amides is 1. The van der Waals surface area contributed by atoms with Crippen LogP contribution >= 0.6 is 0 Å². The van der Waals surface area contributed by atoms with Gasteiger partial charge in [0.2, 0.25) is 0 Å². The first-order chi connectivity index (χ1) is 8.58. The topological polar surface area (TPSA) is 68.3 Å². The molecule has 0 atom stereocenters. The maximum absolute atomic E-state index is 13.3. The van der Waals surface area contributed by atoms with Crippen LogP contribution in [0.4, 0.5) is 10.1 Å². The standard InChI is InChI=1S/C13H13FN2O2/c1-8-4-5-18-12(8)7-16-9-2-3-11(14)10(6-9)13(15)17/h2-6,16H,7H2,1H3,(H2,15,17). The van der Waals surface area contributed by atoms with Crippen molar-refractivity contribution in [3.05, 3.63) is 53.2 Å². The number of nitrogens with one attached hydrogen (secondary N) is 1. The third-order valence-corrected chi connectivity index (χ3v) is 2.65. The van der Waals surface area contributed by atoms with Gasteiger partial charge in [-0.1, -0.05) is 0 Å². The van der Waals surface area contributed by atoms with Crippen LogP contribution in [0.15, 0.2) is 34.9 Å². The number of hydrogen-bond acceptors (Lipinski definition) is 3. The highest BCUT2D eigenvalue weighted by molar-refractivity contribution is 5.94. The van der Waals surface area contributed by atoms with Gasteiger partial charge in [0.15, 0.2) is 0 Å². The van der Waals surface area contributed by atoms with Crippen LogP contribution in [0.25, 0.3) is 0 Å². The van der Waals surface area contributed by atoms with Gasteiger partial charge in [-0.25, -0.2) is 4.39 Å². The van der Waals surface area contributed by atoms with Crippen molar-refractivity contribution in [3.8, 4) is 0 Å². The van der Waals surface area contributed by atoms with Crippen molar-refractivity contribution in [1.29, 1.82) is 0 Å². The number of nitrogens with two attached hydrogens (primary N) is 1.